The van der Waals surface area contributed by atoms with Gasteiger partial charge in [0, 0.05) is 16.3 Å². The molecule has 0 aliphatic carbocycles. The Hall–Kier alpha value is -3.75. The zero-order valence-corrected chi connectivity index (χ0v) is 21.5. The first kappa shape index (κ1) is 25.3. The second-order valence-electron chi connectivity index (χ2n) is 8.06. The van der Waals surface area contributed by atoms with Crippen LogP contribution in [0, 0.1) is 6.92 Å². The van der Waals surface area contributed by atoms with Crippen molar-refractivity contribution in [1.29, 1.82) is 0 Å². The molecule has 8 heteroatoms. The fourth-order valence-electron chi connectivity index (χ4n) is 3.54. The van der Waals surface area contributed by atoms with Gasteiger partial charge in [-0.2, -0.15) is 0 Å². The third-order valence-corrected chi connectivity index (χ3v) is 7.92. The van der Waals surface area contributed by atoms with E-state index < -0.39 is 10.0 Å². The minimum absolute atomic E-state index is 0.0721. The van der Waals surface area contributed by atoms with Crippen LogP contribution in [0.5, 0.6) is 5.75 Å². The fraction of sp³-hybridized carbons (Fsp3) is 0.107. The van der Waals surface area contributed by atoms with Gasteiger partial charge in [-0.3, -0.25) is 9.52 Å². The molecule has 2 N–H and O–H groups in total. The van der Waals surface area contributed by atoms with Crippen molar-refractivity contribution in [2.24, 2.45) is 0 Å². The molecule has 0 unspecified atom stereocenters. The van der Waals surface area contributed by atoms with Gasteiger partial charge in [0.15, 0.2) is 0 Å². The lowest BCUT2D eigenvalue weighted by Gasteiger charge is -2.13. The van der Waals surface area contributed by atoms with E-state index in [1.54, 1.807) is 42.1 Å². The van der Waals surface area contributed by atoms with Crippen LogP contribution in [0.1, 0.15) is 21.5 Å². The molecule has 1 amide bonds. The van der Waals surface area contributed by atoms with Gasteiger partial charge in [-0.15, -0.1) is 11.8 Å². The predicted octanol–water partition coefficient (Wildman–Crippen LogP) is 6.35. The average Bonchev–Trinajstić information content (AvgIpc) is 2.88. The number of anilines is 2. The molecule has 0 fully saturated rings. The van der Waals surface area contributed by atoms with Crippen LogP contribution in [-0.4, -0.2) is 21.4 Å². The van der Waals surface area contributed by atoms with Crippen molar-refractivity contribution in [3.63, 3.8) is 0 Å². The SMILES string of the molecule is COc1ccc(C)cc1NS(=O)(=O)c1ccc(NC(=O)c2ccccc2SCc2ccccc2)cc1. The van der Waals surface area contributed by atoms with Crippen LogP contribution in [0.2, 0.25) is 0 Å². The highest BCUT2D eigenvalue weighted by Crippen LogP contribution is 2.29. The molecule has 4 aromatic rings. The van der Waals surface area contributed by atoms with E-state index in [4.69, 9.17) is 4.74 Å². The van der Waals surface area contributed by atoms with Crippen molar-refractivity contribution in [2.45, 2.75) is 22.5 Å². The van der Waals surface area contributed by atoms with Crippen LogP contribution in [0.15, 0.2) is 107 Å². The van der Waals surface area contributed by atoms with Crippen LogP contribution < -0.4 is 14.8 Å². The van der Waals surface area contributed by atoms with Gasteiger partial charge >= 0.3 is 0 Å². The van der Waals surface area contributed by atoms with Crippen molar-refractivity contribution in [3.8, 4) is 5.75 Å². The molecule has 0 saturated carbocycles. The highest BCUT2D eigenvalue weighted by Gasteiger charge is 2.18. The van der Waals surface area contributed by atoms with E-state index in [0.29, 0.717) is 22.7 Å². The third-order valence-electron chi connectivity index (χ3n) is 5.39. The summed E-state index contributed by atoms with van der Waals surface area (Å²) < 4.78 is 33.7. The number of ether oxygens (including phenoxy) is 1. The zero-order chi connectivity index (χ0) is 25.5. The highest BCUT2D eigenvalue weighted by atomic mass is 32.2. The Morgan fingerprint density at radius 1 is 0.889 bits per heavy atom. The number of aryl methyl sites for hydroxylation is 1. The van der Waals surface area contributed by atoms with Gasteiger partial charge in [0.25, 0.3) is 15.9 Å². The highest BCUT2D eigenvalue weighted by molar-refractivity contribution is 7.98. The van der Waals surface area contributed by atoms with E-state index in [-0.39, 0.29) is 10.8 Å². The number of nitrogens with one attached hydrogen (secondary N) is 2. The summed E-state index contributed by atoms with van der Waals surface area (Å²) in [4.78, 5) is 13.9. The lowest BCUT2D eigenvalue weighted by Crippen LogP contribution is -2.15. The largest absolute Gasteiger partial charge is 0.495 e. The Morgan fingerprint density at radius 2 is 1.58 bits per heavy atom. The maximum Gasteiger partial charge on any atom is 0.262 e. The van der Waals surface area contributed by atoms with Crippen molar-refractivity contribution >= 4 is 39.1 Å². The first-order valence-corrected chi connectivity index (χ1v) is 13.7. The summed E-state index contributed by atoms with van der Waals surface area (Å²) in [7, 11) is -2.36. The zero-order valence-electron chi connectivity index (χ0n) is 19.9. The fourth-order valence-corrected chi connectivity index (χ4v) is 5.60. The van der Waals surface area contributed by atoms with Crippen LogP contribution in [0.3, 0.4) is 0 Å². The number of rotatable bonds is 9. The number of carbonyl (C=O) groups excluding carboxylic acids is 1. The molecular weight excluding hydrogens is 492 g/mol. The normalized spacial score (nSPS) is 11.1. The molecule has 36 heavy (non-hydrogen) atoms. The van der Waals surface area contributed by atoms with Gasteiger partial charge in [0.05, 0.1) is 23.3 Å². The van der Waals surface area contributed by atoms with Gasteiger partial charge in [0.2, 0.25) is 0 Å². The Balaban J connectivity index is 1.46. The van der Waals surface area contributed by atoms with Gasteiger partial charge in [-0.05, 0) is 66.6 Å². The molecule has 4 rings (SSSR count). The number of thioether (sulfide) groups is 1. The quantitative estimate of drug-likeness (QED) is 0.252. The summed E-state index contributed by atoms with van der Waals surface area (Å²) in [6.07, 6.45) is 0. The number of carbonyl (C=O) groups is 1. The van der Waals surface area contributed by atoms with Crippen molar-refractivity contribution < 1.29 is 17.9 Å². The van der Waals surface area contributed by atoms with E-state index in [2.05, 4.69) is 22.2 Å². The monoisotopic (exact) mass is 518 g/mol. The van der Waals surface area contributed by atoms with Crippen LogP contribution >= 0.6 is 11.8 Å². The predicted molar refractivity (Wildman–Crippen MR) is 145 cm³/mol. The molecule has 0 heterocycles. The minimum Gasteiger partial charge on any atom is -0.495 e. The van der Waals surface area contributed by atoms with Crippen molar-refractivity contribution in [2.75, 3.05) is 17.1 Å². The Bertz CT molecular complexity index is 1450. The average molecular weight is 519 g/mol. The second kappa shape index (κ2) is 11.3. The molecule has 184 valence electrons. The van der Waals surface area contributed by atoms with E-state index in [0.717, 1.165) is 16.2 Å². The van der Waals surface area contributed by atoms with E-state index in [1.807, 2.05) is 49.4 Å². The smallest absolute Gasteiger partial charge is 0.262 e. The summed E-state index contributed by atoms with van der Waals surface area (Å²) in [5.74, 6) is 0.914. The standard InChI is InChI=1S/C28H26N2O4S2/c1-20-12-17-26(34-2)25(18-20)30-36(32,33)23-15-13-22(14-16-23)29-28(31)24-10-6-7-11-27(24)35-19-21-8-4-3-5-9-21/h3-18,30H,19H2,1-2H3,(H,29,31). The minimum atomic E-state index is -3.85. The molecule has 0 saturated heterocycles. The molecule has 0 atom stereocenters. The molecule has 0 aliphatic heterocycles. The van der Waals surface area contributed by atoms with E-state index in [9.17, 15) is 13.2 Å². The van der Waals surface area contributed by atoms with Gasteiger partial charge in [-0.25, -0.2) is 8.42 Å². The first-order chi connectivity index (χ1) is 17.4. The molecule has 0 aliphatic rings. The number of benzene rings is 4. The number of amides is 1. The van der Waals surface area contributed by atoms with Gasteiger partial charge in [-0.1, -0.05) is 48.5 Å². The van der Waals surface area contributed by atoms with Crippen molar-refractivity contribution in [1.82, 2.24) is 0 Å². The van der Waals surface area contributed by atoms with Crippen LogP contribution in [0.4, 0.5) is 11.4 Å². The Labute approximate surface area is 215 Å². The van der Waals surface area contributed by atoms with E-state index in [1.165, 1.54) is 24.8 Å². The number of hydrogen-bond acceptors (Lipinski definition) is 5. The van der Waals surface area contributed by atoms with E-state index >= 15 is 0 Å². The molecule has 4 aromatic carbocycles. The lowest BCUT2D eigenvalue weighted by atomic mass is 10.2. The molecule has 0 aromatic heterocycles. The van der Waals surface area contributed by atoms with Crippen LogP contribution in [-0.2, 0) is 15.8 Å². The molecule has 0 spiro atoms. The summed E-state index contributed by atoms with van der Waals surface area (Å²) in [5, 5.41) is 2.86. The Kier molecular flexibility index (Phi) is 7.97. The van der Waals surface area contributed by atoms with Gasteiger partial charge in [0.1, 0.15) is 5.75 Å². The molecule has 0 bridgehead atoms. The molecule has 6 nitrogen and oxygen atoms in total. The number of methoxy groups -OCH3 is 1. The summed E-state index contributed by atoms with van der Waals surface area (Å²) in [6.45, 7) is 1.87. The summed E-state index contributed by atoms with van der Waals surface area (Å²) >= 11 is 1.59. The number of hydrogen-bond donors (Lipinski definition) is 2. The van der Waals surface area contributed by atoms with Crippen LogP contribution in [0.25, 0.3) is 0 Å². The summed E-state index contributed by atoms with van der Waals surface area (Å²) in [5.41, 5.74) is 3.48. The topological polar surface area (TPSA) is 84.5 Å². The first-order valence-electron chi connectivity index (χ1n) is 11.2. The maximum absolute atomic E-state index is 13.0. The Morgan fingerprint density at radius 3 is 2.31 bits per heavy atom. The second-order valence-corrected chi connectivity index (χ2v) is 10.8. The summed E-state index contributed by atoms with van der Waals surface area (Å²) in [6, 6.07) is 28.8. The third kappa shape index (κ3) is 6.27. The lowest BCUT2D eigenvalue weighted by molar-refractivity contribution is 0.102. The van der Waals surface area contributed by atoms with Gasteiger partial charge < -0.3 is 10.1 Å². The molecule has 0 radical (unpaired) electrons. The molecular formula is C28H26N2O4S2. The number of sulfonamides is 1. The maximum atomic E-state index is 13.0. The van der Waals surface area contributed by atoms with Crippen molar-refractivity contribution in [3.05, 3.63) is 114 Å².